The van der Waals surface area contributed by atoms with E-state index in [4.69, 9.17) is 11.2 Å². The van der Waals surface area contributed by atoms with Gasteiger partial charge in [-0.05, 0) is 24.1 Å². The van der Waals surface area contributed by atoms with Gasteiger partial charge in [0.25, 0.3) is 0 Å². The van der Waals surface area contributed by atoms with Gasteiger partial charge in [0.15, 0.2) is 11.6 Å². The van der Waals surface area contributed by atoms with Crippen molar-refractivity contribution in [3.63, 3.8) is 0 Å². The number of halogens is 2. The highest BCUT2D eigenvalue weighted by atomic mass is 79.9. The van der Waals surface area contributed by atoms with Gasteiger partial charge in [-0.2, -0.15) is 0 Å². The molecule has 1 aromatic rings. The van der Waals surface area contributed by atoms with Crippen molar-refractivity contribution in [1.82, 2.24) is 0 Å². The molecule has 3 heteroatoms. The first-order valence-electron chi connectivity index (χ1n) is 4.14. The van der Waals surface area contributed by atoms with Gasteiger partial charge >= 0.3 is 0 Å². The first kappa shape index (κ1) is 11.1. The van der Waals surface area contributed by atoms with E-state index in [2.05, 4.69) is 21.9 Å². The fraction of sp³-hybridized carbons (Fsp3) is 0.273. The zero-order chi connectivity index (χ0) is 10.6. The molecule has 0 aliphatic rings. The number of methoxy groups -OCH3 is 1. The highest BCUT2D eigenvalue weighted by molar-refractivity contribution is 9.10. The second kappa shape index (κ2) is 5.02. The molecule has 0 aliphatic carbocycles. The first-order chi connectivity index (χ1) is 6.69. The Balaban J connectivity index is 3.06. The summed E-state index contributed by atoms with van der Waals surface area (Å²) in [5, 5.41) is 0. The molecular weight excluding hydrogens is 247 g/mol. The van der Waals surface area contributed by atoms with Gasteiger partial charge < -0.3 is 4.74 Å². The number of terminal acetylenes is 1. The van der Waals surface area contributed by atoms with Crippen molar-refractivity contribution in [2.45, 2.75) is 12.8 Å². The highest BCUT2D eigenvalue weighted by Crippen LogP contribution is 2.27. The fourth-order valence-electron chi connectivity index (χ4n) is 1.23. The molecule has 0 spiro atoms. The summed E-state index contributed by atoms with van der Waals surface area (Å²) in [7, 11) is 1.45. The normalized spacial score (nSPS) is 9.57. The molecule has 0 fully saturated rings. The Hall–Kier alpha value is -1.01. The van der Waals surface area contributed by atoms with E-state index < -0.39 is 0 Å². The second-order valence-electron chi connectivity index (χ2n) is 2.78. The molecule has 0 N–H and O–H groups in total. The maximum atomic E-state index is 13.3. The summed E-state index contributed by atoms with van der Waals surface area (Å²) in [6, 6.07) is 3.19. The minimum Gasteiger partial charge on any atom is -0.493 e. The van der Waals surface area contributed by atoms with Crippen molar-refractivity contribution in [3.05, 3.63) is 28.0 Å². The summed E-state index contributed by atoms with van der Waals surface area (Å²) in [4.78, 5) is 0. The fourth-order valence-corrected chi connectivity index (χ4v) is 1.71. The second-order valence-corrected chi connectivity index (χ2v) is 3.70. The Kier molecular flexibility index (Phi) is 3.97. The third kappa shape index (κ3) is 2.49. The van der Waals surface area contributed by atoms with Crippen LogP contribution < -0.4 is 4.74 Å². The van der Waals surface area contributed by atoms with E-state index in [0.717, 1.165) is 5.56 Å². The average molecular weight is 257 g/mol. The van der Waals surface area contributed by atoms with Gasteiger partial charge in [0.1, 0.15) is 0 Å². The SMILES string of the molecule is C#CCCc1cc(Br)cc(F)c1OC. The van der Waals surface area contributed by atoms with E-state index in [9.17, 15) is 4.39 Å². The molecule has 0 atom stereocenters. The van der Waals surface area contributed by atoms with Gasteiger partial charge in [0.2, 0.25) is 0 Å². The molecule has 0 bridgehead atoms. The standard InChI is InChI=1S/C11H10BrFO/c1-3-4-5-8-6-9(12)7-10(13)11(8)14-2/h1,6-7H,4-5H2,2H3. The molecule has 1 aromatic carbocycles. The number of hydrogen-bond acceptors (Lipinski definition) is 1. The lowest BCUT2D eigenvalue weighted by atomic mass is 10.1. The van der Waals surface area contributed by atoms with Crippen LogP contribution in [0, 0.1) is 18.2 Å². The predicted octanol–water partition coefficient (Wildman–Crippen LogP) is 3.16. The quantitative estimate of drug-likeness (QED) is 0.756. The van der Waals surface area contributed by atoms with Crippen LogP contribution in [0.25, 0.3) is 0 Å². The maximum absolute atomic E-state index is 13.3. The molecule has 0 radical (unpaired) electrons. The van der Waals surface area contributed by atoms with Crippen molar-refractivity contribution in [3.8, 4) is 18.1 Å². The van der Waals surface area contributed by atoms with Crippen LogP contribution in [0.4, 0.5) is 4.39 Å². The zero-order valence-electron chi connectivity index (χ0n) is 7.81. The van der Waals surface area contributed by atoms with Gasteiger partial charge in [-0.1, -0.05) is 15.9 Å². The topological polar surface area (TPSA) is 9.23 Å². The molecule has 74 valence electrons. The van der Waals surface area contributed by atoms with Crippen molar-refractivity contribution < 1.29 is 9.13 Å². The summed E-state index contributed by atoms with van der Waals surface area (Å²) >= 11 is 3.22. The van der Waals surface area contributed by atoms with Crippen LogP contribution in [0.5, 0.6) is 5.75 Å². The number of benzene rings is 1. The zero-order valence-corrected chi connectivity index (χ0v) is 9.40. The Labute approximate surface area is 91.4 Å². The summed E-state index contributed by atoms with van der Waals surface area (Å²) < 4.78 is 19.0. The summed E-state index contributed by atoms with van der Waals surface area (Å²) in [6.45, 7) is 0. The molecule has 14 heavy (non-hydrogen) atoms. The van der Waals surface area contributed by atoms with E-state index in [1.165, 1.54) is 13.2 Å². The van der Waals surface area contributed by atoms with Gasteiger partial charge in [-0.15, -0.1) is 12.3 Å². The highest BCUT2D eigenvalue weighted by Gasteiger charge is 2.09. The van der Waals surface area contributed by atoms with Gasteiger partial charge in [-0.25, -0.2) is 4.39 Å². The Morgan fingerprint density at radius 3 is 2.86 bits per heavy atom. The van der Waals surface area contributed by atoms with Crippen LogP contribution in [0.3, 0.4) is 0 Å². The number of rotatable bonds is 3. The Morgan fingerprint density at radius 1 is 1.57 bits per heavy atom. The molecule has 0 heterocycles. The van der Waals surface area contributed by atoms with Gasteiger partial charge in [-0.3, -0.25) is 0 Å². The molecule has 0 saturated heterocycles. The molecule has 0 amide bonds. The van der Waals surface area contributed by atoms with Crippen molar-refractivity contribution in [2.75, 3.05) is 7.11 Å². The third-order valence-electron chi connectivity index (χ3n) is 1.83. The lowest BCUT2D eigenvalue weighted by Crippen LogP contribution is -1.95. The van der Waals surface area contributed by atoms with Crippen molar-refractivity contribution in [1.29, 1.82) is 0 Å². The molecule has 1 nitrogen and oxygen atoms in total. The lowest BCUT2D eigenvalue weighted by Gasteiger charge is -2.08. The molecular formula is C11H10BrFO. The molecule has 0 aromatic heterocycles. The van der Waals surface area contributed by atoms with Gasteiger partial charge in [0.05, 0.1) is 7.11 Å². The maximum Gasteiger partial charge on any atom is 0.166 e. The van der Waals surface area contributed by atoms with Crippen LogP contribution in [0.1, 0.15) is 12.0 Å². The molecule has 0 aliphatic heterocycles. The monoisotopic (exact) mass is 256 g/mol. The molecule has 0 saturated carbocycles. The minimum atomic E-state index is -0.367. The van der Waals surface area contributed by atoms with Crippen LogP contribution in [0.15, 0.2) is 16.6 Å². The smallest absolute Gasteiger partial charge is 0.166 e. The van der Waals surface area contributed by atoms with Crippen LogP contribution in [-0.2, 0) is 6.42 Å². The van der Waals surface area contributed by atoms with E-state index >= 15 is 0 Å². The minimum absolute atomic E-state index is 0.281. The van der Waals surface area contributed by atoms with Crippen molar-refractivity contribution in [2.24, 2.45) is 0 Å². The Bertz CT molecular complexity index is 368. The van der Waals surface area contributed by atoms with Crippen LogP contribution in [-0.4, -0.2) is 7.11 Å². The summed E-state index contributed by atoms with van der Waals surface area (Å²) in [5.41, 5.74) is 0.789. The lowest BCUT2D eigenvalue weighted by molar-refractivity contribution is 0.381. The van der Waals surface area contributed by atoms with Crippen LogP contribution >= 0.6 is 15.9 Å². The molecule has 1 rings (SSSR count). The summed E-state index contributed by atoms with van der Waals surface area (Å²) in [5.74, 6) is 2.43. The van der Waals surface area contributed by atoms with Crippen molar-refractivity contribution >= 4 is 15.9 Å². The van der Waals surface area contributed by atoms with E-state index in [-0.39, 0.29) is 11.6 Å². The van der Waals surface area contributed by atoms with Crippen LogP contribution in [0.2, 0.25) is 0 Å². The summed E-state index contributed by atoms with van der Waals surface area (Å²) in [6.07, 6.45) is 6.34. The van der Waals surface area contributed by atoms with E-state index in [1.54, 1.807) is 0 Å². The number of aryl methyl sites for hydroxylation is 1. The predicted molar refractivity (Wildman–Crippen MR) is 57.8 cm³/mol. The van der Waals surface area contributed by atoms with Gasteiger partial charge in [0, 0.05) is 10.9 Å². The molecule has 0 unspecified atom stereocenters. The third-order valence-corrected chi connectivity index (χ3v) is 2.29. The number of ether oxygens (including phenoxy) is 1. The largest absolute Gasteiger partial charge is 0.493 e. The first-order valence-corrected chi connectivity index (χ1v) is 4.93. The van der Waals surface area contributed by atoms with E-state index in [0.29, 0.717) is 17.3 Å². The Morgan fingerprint density at radius 2 is 2.29 bits per heavy atom. The number of hydrogen-bond donors (Lipinski definition) is 0. The van der Waals surface area contributed by atoms with E-state index in [1.807, 2.05) is 6.07 Å². The average Bonchev–Trinajstić information content (AvgIpc) is 2.14.